The van der Waals surface area contributed by atoms with E-state index < -0.39 is 4.92 Å². The predicted molar refractivity (Wildman–Crippen MR) is 74.8 cm³/mol. The topological polar surface area (TPSA) is 88.4 Å². The highest BCUT2D eigenvalue weighted by Crippen LogP contribution is 2.32. The van der Waals surface area contributed by atoms with E-state index >= 15 is 0 Å². The molecule has 7 nitrogen and oxygen atoms in total. The van der Waals surface area contributed by atoms with Crippen molar-refractivity contribution in [2.75, 3.05) is 18.9 Å². The van der Waals surface area contributed by atoms with Crippen LogP contribution in [0, 0.1) is 10.1 Å². The van der Waals surface area contributed by atoms with Crippen molar-refractivity contribution < 1.29 is 9.72 Å². The Balaban J connectivity index is 2.45. The number of aromatic nitrogens is 1. The molecule has 1 aromatic rings. The van der Waals surface area contributed by atoms with Gasteiger partial charge in [0.05, 0.1) is 4.92 Å². The van der Waals surface area contributed by atoms with Crippen molar-refractivity contribution in [1.82, 2.24) is 9.88 Å². The molecule has 2 heterocycles. The summed E-state index contributed by atoms with van der Waals surface area (Å²) in [6.45, 7) is 4.58. The molecule has 2 rings (SSSR count). The highest BCUT2D eigenvalue weighted by atomic mass is 16.6. The van der Waals surface area contributed by atoms with E-state index in [-0.39, 0.29) is 22.7 Å². The van der Waals surface area contributed by atoms with Crippen molar-refractivity contribution in [3.8, 4) is 0 Å². The van der Waals surface area contributed by atoms with Gasteiger partial charge in [0, 0.05) is 25.2 Å². The minimum absolute atomic E-state index is 0.0873. The van der Waals surface area contributed by atoms with Gasteiger partial charge in [-0.1, -0.05) is 0 Å². The number of rotatable bonds is 3. The van der Waals surface area contributed by atoms with Gasteiger partial charge in [-0.3, -0.25) is 14.9 Å². The zero-order chi connectivity index (χ0) is 14.9. The Morgan fingerprint density at radius 1 is 1.55 bits per heavy atom. The molecule has 1 saturated heterocycles. The fourth-order valence-electron chi connectivity index (χ4n) is 2.53. The Morgan fingerprint density at radius 2 is 2.25 bits per heavy atom. The SMILES string of the molecule is CNc1cc(C(=O)N2CCCC2(C)C)c([N+](=O)[O-])cn1. The van der Waals surface area contributed by atoms with Gasteiger partial charge in [-0.05, 0) is 26.7 Å². The largest absolute Gasteiger partial charge is 0.373 e. The van der Waals surface area contributed by atoms with Crippen LogP contribution in [0.4, 0.5) is 11.5 Å². The zero-order valence-electron chi connectivity index (χ0n) is 11.8. The van der Waals surface area contributed by atoms with Gasteiger partial charge in [-0.2, -0.15) is 0 Å². The molecule has 1 aliphatic rings. The summed E-state index contributed by atoms with van der Waals surface area (Å²) in [5, 5.41) is 13.9. The molecule has 7 heteroatoms. The summed E-state index contributed by atoms with van der Waals surface area (Å²) >= 11 is 0. The van der Waals surface area contributed by atoms with Crippen molar-refractivity contribution in [3.05, 3.63) is 27.9 Å². The van der Waals surface area contributed by atoms with Crippen molar-refractivity contribution >= 4 is 17.4 Å². The van der Waals surface area contributed by atoms with E-state index in [4.69, 9.17) is 0 Å². The Labute approximate surface area is 117 Å². The van der Waals surface area contributed by atoms with Gasteiger partial charge >= 0.3 is 0 Å². The fourth-order valence-corrected chi connectivity index (χ4v) is 2.53. The summed E-state index contributed by atoms with van der Waals surface area (Å²) < 4.78 is 0. The Kier molecular flexibility index (Phi) is 3.61. The molecule has 0 unspecified atom stereocenters. The minimum Gasteiger partial charge on any atom is -0.373 e. The molecule has 1 amide bonds. The van der Waals surface area contributed by atoms with Crippen LogP contribution in [-0.4, -0.2) is 39.8 Å². The van der Waals surface area contributed by atoms with E-state index in [1.54, 1.807) is 11.9 Å². The first-order chi connectivity index (χ1) is 9.36. The van der Waals surface area contributed by atoms with E-state index in [2.05, 4.69) is 10.3 Å². The van der Waals surface area contributed by atoms with E-state index in [1.165, 1.54) is 6.07 Å². The van der Waals surface area contributed by atoms with Crippen LogP contribution in [-0.2, 0) is 0 Å². The number of hydrogen-bond donors (Lipinski definition) is 1. The monoisotopic (exact) mass is 278 g/mol. The molecular formula is C13H18N4O3. The molecule has 1 aromatic heterocycles. The molecule has 1 fully saturated rings. The van der Waals surface area contributed by atoms with Crippen LogP contribution in [0.1, 0.15) is 37.0 Å². The van der Waals surface area contributed by atoms with Crippen molar-refractivity contribution in [2.45, 2.75) is 32.2 Å². The maximum atomic E-state index is 12.6. The average Bonchev–Trinajstić information content (AvgIpc) is 2.76. The van der Waals surface area contributed by atoms with Crippen LogP contribution >= 0.6 is 0 Å². The number of amides is 1. The molecule has 0 bridgehead atoms. The number of carbonyl (C=O) groups excluding carboxylic acids is 1. The van der Waals surface area contributed by atoms with E-state index in [0.29, 0.717) is 12.4 Å². The third kappa shape index (κ3) is 2.43. The molecule has 0 saturated carbocycles. The van der Waals surface area contributed by atoms with Crippen molar-refractivity contribution in [1.29, 1.82) is 0 Å². The Bertz CT molecular complexity index is 557. The van der Waals surface area contributed by atoms with Crippen LogP contribution in [0.15, 0.2) is 12.3 Å². The summed E-state index contributed by atoms with van der Waals surface area (Å²) in [6.07, 6.45) is 2.94. The fraction of sp³-hybridized carbons (Fsp3) is 0.538. The summed E-state index contributed by atoms with van der Waals surface area (Å²) in [4.78, 5) is 28.7. The quantitative estimate of drug-likeness (QED) is 0.675. The third-order valence-electron chi connectivity index (χ3n) is 3.71. The maximum absolute atomic E-state index is 12.6. The first-order valence-electron chi connectivity index (χ1n) is 6.51. The van der Waals surface area contributed by atoms with E-state index in [1.807, 2.05) is 13.8 Å². The van der Waals surface area contributed by atoms with Crippen LogP contribution in [0.5, 0.6) is 0 Å². The number of anilines is 1. The first kappa shape index (κ1) is 14.2. The van der Waals surface area contributed by atoms with Crippen LogP contribution in [0.25, 0.3) is 0 Å². The number of nitrogens with one attached hydrogen (secondary N) is 1. The number of carbonyl (C=O) groups is 1. The smallest absolute Gasteiger partial charge is 0.300 e. The molecule has 0 aromatic carbocycles. The second-order valence-electron chi connectivity index (χ2n) is 5.47. The van der Waals surface area contributed by atoms with E-state index in [9.17, 15) is 14.9 Å². The molecule has 0 spiro atoms. The maximum Gasteiger partial charge on any atom is 0.300 e. The zero-order valence-corrected chi connectivity index (χ0v) is 11.8. The van der Waals surface area contributed by atoms with E-state index in [0.717, 1.165) is 19.0 Å². The summed E-state index contributed by atoms with van der Waals surface area (Å²) in [5.41, 5.74) is -0.436. The highest BCUT2D eigenvalue weighted by molar-refractivity contribution is 5.99. The number of hydrogen-bond acceptors (Lipinski definition) is 5. The number of pyridine rings is 1. The Hall–Kier alpha value is -2.18. The summed E-state index contributed by atoms with van der Waals surface area (Å²) in [5.74, 6) is 0.133. The van der Waals surface area contributed by atoms with Gasteiger partial charge in [0.1, 0.15) is 17.6 Å². The molecule has 1 aliphatic heterocycles. The van der Waals surface area contributed by atoms with Gasteiger partial charge in [0.25, 0.3) is 11.6 Å². The Morgan fingerprint density at radius 3 is 2.75 bits per heavy atom. The standard InChI is InChI=1S/C13H18N4O3/c1-13(2)5-4-6-16(13)12(18)9-7-11(14-3)15-8-10(9)17(19)20/h7-8H,4-6H2,1-3H3,(H,14,15). The second-order valence-corrected chi connectivity index (χ2v) is 5.47. The molecule has 0 aliphatic carbocycles. The lowest BCUT2D eigenvalue weighted by atomic mass is 10.0. The third-order valence-corrected chi connectivity index (χ3v) is 3.71. The van der Waals surface area contributed by atoms with Gasteiger partial charge in [-0.15, -0.1) is 0 Å². The molecule has 108 valence electrons. The van der Waals surface area contributed by atoms with Gasteiger partial charge < -0.3 is 10.2 Å². The van der Waals surface area contributed by atoms with Crippen LogP contribution < -0.4 is 5.32 Å². The normalized spacial score (nSPS) is 17.1. The summed E-state index contributed by atoms with van der Waals surface area (Å²) in [7, 11) is 1.65. The number of likely N-dealkylation sites (tertiary alicyclic amines) is 1. The lowest BCUT2D eigenvalue weighted by molar-refractivity contribution is -0.385. The van der Waals surface area contributed by atoms with Crippen molar-refractivity contribution in [2.24, 2.45) is 0 Å². The highest BCUT2D eigenvalue weighted by Gasteiger charge is 2.38. The van der Waals surface area contributed by atoms with Gasteiger partial charge in [-0.25, -0.2) is 4.98 Å². The minimum atomic E-state index is -0.567. The predicted octanol–water partition coefficient (Wildman–Crippen LogP) is 2.05. The van der Waals surface area contributed by atoms with Crippen LogP contribution in [0.3, 0.4) is 0 Å². The lowest BCUT2D eigenvalue weighted by Gasteiger charge is -2.31. The van der Waals surface area contributed by atoms with Crippen LogP contribution in [0.2, 0.25) is 0 Å². The van der Waals surface area contributed by atoms with Gasteiger partial charge in [0.15, 0.2) is 0 Å². The molecular weight excluding hydrogens is 260 g/mol. The van der Waals surface area contributed by atoms with Gasteiger partial charge in [0.2, 0.25) is 0 Å². The average molecular weight is 278 g/mol. The van der Waals surface area contributed by atoms with Crippen molar-refractivity contribution in [3.63, 3.8) is 0 Å². The molecule has 0 radical (unpaired) electrons. The first-order valence-corrected chi connectivity index (χ1v) is 6.51. The lowest BCUT2D eigenvalue weighted by Crippen LogP contribution is -2.42. The number of nitrogens with zero attached hydrogens (tertiary/aromatic N) is 3. The molecule has 0 atom stereocenters. The molecule has 1 N–H and O–H groups in total. The second kappa shape index (κ2) is 5.07. The number of nitro groups is 1. The summed E-state index contributed by atoms with van der Waals surface area (Å²) in [6, 6.07) is 1.44. The molecule has 20 heavy (non-hydrogen) atoms.